The molecule has 1 aliphatic heterocycles. The van der Waals surface area contributed by atoms with E-state index in [1.54, 1.807) is 0 Å². The van der Waals surface area contributed by atoms with Crippen LogP contribution in [0.4, 0.5) is 0 Å². The van der Waals surface area contributed by atoms with Crippen LogP contribution in [0.25, 0.3) is 11.5 Å². The number of imide groups is 1. The number of benzene rings is 1. The molecule has 0 bridgehead atoms. The molecule has 0 spiro atoms. The van der Waals surface area contributed by atoms with E-state index in [1.807, 2.05) is 30.3 Å². The van der Waals surface area contributed by atoms with Crippen LogP contribution in [0.15, 0.2) is 34.7 Å². The van der Waals surface area contributed by atoms with Crippen molar-refractivity contribution in [1.29, 1.82) is 0 Å². The monoisotopic (exact) mass is 369 g/mol. The Kier molecular flexibility index (Phi) is 4.70. The largest absolute Gasteiger partial charge is 0.454 e. The molecule has 2 heterocycles. The summed E-state index contributed by atoms with van der Waals surface area (Å²) in [6.07, 6.45) is 3.31. The number of ether oxygens (including phenoxy) is 1. The van der Waals surface area contributed by atoms with Gasteiger partial charge in [0, 0.05) is 5.56 Å². The molecule has 8 heteroatoms. The van der Waals surface area contributed by atoms with Crippen molar-refractivity contribution in [3.63, 3.8) is 0 Å². The van der Waals surface area contributed by atoms with Crippen LogP contribution in [-0.4, -0.2) is 39.4 Å². The lowest BCUT2D eigenvalue weighted by Crippen LogP contribution is -2.36. The number of esters is 1. The first-order valence-electron chi connectivity index (χ1n) is 9.02. The zero-order chi connectivity index (χ0) is 18.8. The highest BCUT2D eigenvalue weighted by molar-refractivity contribution is 6.07. The van der Waals surface area contributed by atoms with Crippen molar-refractivity contribution in [2.45, 2.75) is 32.3 Å². The van der Waals surface area contributed by atoms with Crippen LogP contribution >= 0.6 is 0 Å². The van der Waals surface area contributed by atoms with Crippen LogP contribution in [0.1, 0.15) is 31.6 Å². The quantitative estimate of drug-likeness (QED) is 0.586. The SMILES string of the molecule is O=C(CN1C(=O)[C@H]2CCCC[C@H]2C1=O)OCc1nnc(-c2ccccc2)o1. The number of aromatic nitrogens is 2. The predicted molar refractivity (Wildman–Crippen MR) is 91.7 cm³/mol. The van der Waals surface area contributed by atoms with E-state index < -0.39 is 5.97 Å². The molecule has 4 rings (SSSR count). The normalized spacial score (nSPS) is 22.0. The molecule has 1 saturated carbocycles. The fourth-order valence-electron chi connectivity index (χ4n) is 3.71. The Bertz CT molecular complexity index is 839. The molecule has 2 fully saturated rings. The zero-order valence-electron chi connectivity index (χ0n) is 14.7. The van der Waals surface area contributed by atoms with Crippen molar-refractivity contribution in [3.8, 4) is 11.5 Å². The standard InChI is InChI=1S/C19H19N3O5/c23-16(10-22-18(24)13-8-4-5-9-14(13)19(22)25)26-11-15-20-21-17(27-15)12-6-2-1-3-7-12/h1-3,6-7,13-14H,4-5,8-11H2/t13-,14+. The number of hydrogen-bond acceptors (Lipinski definition) is 7. The Morgan fingerprint density at radius 1 is 1.07 bits per heavy atom. The number of rotatable bonds is 5. The van der Waals surface area contributed by atoms with Gasteiger partial charge in [0.25, 0.3) is 5.89 Å². The first kappa shape index (κ1) is 17.4. The van der Waals surface area contributed by atoms with Gasteiger partial charge in [0.1, 0.15) is 6.54 Å². The molecule has 2 aliphatic rings. The Hall–Kier alpha value is -3.03. The van der Waals surface area contributed by atoms with Gasteiger partial charge in [0.05, 0.1) is 11.8 Å². The minimum absolute atomic E-state index is 0.148. The third-order valence-corrected chi connectivity index (χ3v) is 5.06. The number of likely N-dealkylation sites (tertiary alicyclic amines) is 1. The number of nitrogens with zero attached hydrogens (tertiary/aromatic N) is 3. The highest BCUT2D eigenvalue weighted by atomic mass is 16.5. The number of fused-ring (bicyclic) bond motifs is 1. The van der Waals surface area contributed by atoms with Crippen LogP contribution < -0.4 is 0 Å². The molecule has 2 aromatic rings. The smallest absolute Gasteiger partial charge is 0.326 e. The first-order chi connectivity index (χ1) is 13.1. The number of amides is 2. The molecule has 27 heavy (non-hydrogen) atoms. The van der Waals surface area contributed by atoms with E-state index in [1.165, 1.54) is 0 Å². The molecule has 1 saturated heterocycles. The van der Waals surface area contributed by atoms with Gasteiger partial charge in [0.15, 0.2) is 6.61 Å². The topological polar surface area (TPSA) is 103 Å². The maximum atomic E-state index is 12.4. The van der Waals surface area contributed by atoms with Gasteiger partial charge in [0.2, 0.25) is 17.7 Å². The summed E-state index contributed by atoms with van der Waals surface area (Å²) in [5.41, 5.74) is 0.762. The van der Waals surface area contributed by atoms with Crippen LogP contribution in [0, 0.1) is 11.8 Å². The summed E-state index contributed by atoms with van der Waals surface area (Å²) in [5, 5.41) is 7.76. The summed E-state index contributed by atoms with van der Waals surface area (Å²) in [7, 11) is 0. The Morgan fingerprint density at radius 3 is 2.41 bits per heavy atom. The molecule has 1 aliphatic carbocycles. The third-order valence-electron chi connectivity index (χ3n) is 5.06. The number of carbonyl (C=O) groups is 3. The molecule has 2 amide bonds. The van der Waals surface area contributed by atoms with Crippen LogP contribution in [0.5, 0.6) is 0 Å². The summed E-state index contributed by atoms with van der Waals surface area (Å²) < 4.78 is 10.6. The molecule has 0 N–H and O–H groups in total. The molecule has 1 aromatic heterocycles. The van der Waals surface area contributed by atoms with E-state index in [-0.39, 0.29) is 42.7 Å². The van der Waals surface area contributed by atoms with E-state index in [0.29, 0.717) is 18.7 Å². The second kappa shape index (κ2) is 7.30. The molecule has 0 unspecified atom stereocenters. The fourth-order valence-corrected chi connectivity index (χ4v) is 3.71. The molecule has 140 valence electrons. The average Bonchev–Trinajstić information content (AvgIpc) is 3.27. The van der Waals surface area contributed by atoms with Crippen LogP contribution in [0.3, 0.4) is 0 Å². The number of hydrogen-bond donors (Lipinski definition) is 0. The molecular formula is C19H19N3O5. The molecular weight excluding hydrogens is 350 g/mol. The van der Waals surface area contributed by atoms with Crippen molar-refractivity contribution >= 4 is 17.8 Å². The van der Waals surface area contributed by atoms with E-state index >= 15 is 0 Å². The molecule has 8 nitrogen and oxygen atoms in total. The van der Waals surface area contributed by atoms with Crippen molar-refractivity contribution < 1.29 is 23.5 Å². The van der Waals surface area contributed by atoms with E-state index in [4.69, 9.17) is 9.15 Å². The minimum Gasteiger partial charge on any atom is -0.454 e. The van der Waals surface area contributed by atoms with Crippen molar-refractivity contribution in [2.24, 2.45) is 11.8 Å². The lowest BCUT2D eigenvalue weighted by molar-refractivity contribution is -0.154. The fraction of sp³-hybridized carbons (Fsp3) is 0.421. The molecule has 1 aromatic carbocycles. The average molecular weight is 369 g/mol. The Balaban J connectivity index is 1.33. The number of carbonyl (C=O) groups excluding carboxylic acids is 3. The maximum Gasteiger partial charge on any atom is 0.326 e. The van der Waals surface area contributed by atoms with Crippen molar-refractivity contribution in [2.75, 3.05) is 6.54 Å². The zero-order valence-corrected chi connectivity index (χ0v) is 14.7. The van der Waals surface area contributed by atoms with E-state index in [0.717, 1.165) is 23.3 Å². The van der Waals surface area contributed by atoms with Crippen molar-refractivity contribution in [3.05, 3.63) is 36.2 Å². The van der Waals surface area contributed by atoms with Gasteiger partial charge in [-0.15, -0.1) is 10.2 Å². The summed E-state index contributed by atoms with van der Waals surface area (Å²) in [4.78, 5) is 37.9. The summed E-state index contributed by atoms with van der Waals surface area (Å²) in [6.45, 7) is -0.577. The van der Waals surface area contributed by atoms with Gasteiger partial charge >= 0.3 is 5.97 Å². The second-order valence-electron chi connectivity index (χ2n) is 6.79. The maximum absolute atomic E-state index is 12.4. The van der Waals surface area contributed by atoms with Gasteiger partial charge in [-0.25, -0.2) is 0 Å². The summed E-state index contributed by atoms with van der Waals surface area (Å²) in [5.74, 6) is -1.26. The minimum atomic E-state index is -0.671. The van der Waals surface area contributed by atoms with Gasteiger partial charge in [-0.1, -0.05) is 31.0 Å². The predicted octanol–water partition coefficient (Wildman–Crippen LogP) is 1.95. The van der Waals surface area contributed by atoms with Gasteiger partial charge < -0.3 is 9.15 Å². The highest BCUT2D eigenvalue weighted by Gasteiger charge is 2.48. The molecule has 0 radical (unpaired) electrons. The Morgan fingerprint density at radius 2 is 1.74 bits per heavy atom. The van der Waals surface area contributed by atoms with E-state index in [9.17, 15) is 14.4 Å². The summed E-state index contributed by atoms with van der Waals surface area (Å²) in [6, 6.07) is 9.22. The van der Waals surface area contributed by atoms with Crippen molar-refractivity contribution in [1.82, 2.24) is 15.1 Å². The van der Waals surface area contributed by atoms with Gasteiger partial charge in [-0.2, -0.15) is 0 Å². The lowest BCUT2D eigenvalue weighted by Gasteiger charge is -2.19. The van der Waals surface area contributed by atoms with Crippen LogP contribution in [0.2, 0.25) is 0 Å². The molecule has 2 atom stereocenters. The third kappa shape index (κ3) is 3.47. The highest BCUT2D eigenvalue weighted by Crippen LogP contribution is 2.37. The lowest BCUT2D eigenvalue weighted by atomic mass is 9.81. The van der Waals surface area contributed by atoms with E-state index in [2.05, 4.69) is 10.2 Å². The second-order valence-corrected chi connectivity index (χ2v) is 6.79. The summed E-state index contributed by atoms with van der Waals surface area (Å²) >= 11 is 0. The Labute approximate surface area is 155 Å². The van der Waals surface area contributed by atoms with Crippen LogP contribution in [-0.2, 0) is 25.7 Å². The van der Waals surface area contributed by atoms with Gasteiger partial charge in [-0.3, -0.25) is 19.3 Å². The van der Waals surface area contributed by atoms with Gasteiger partial charge in [-0.05, 0) is 25.0 Å². The first-order valence-corrected chi connectivity index (χ1v) is 9.02.